The van der Waals surface area contributed by atoms with Crippen molar-refractivity contribution in [1.82, 2.24) is 0 Å². The first-order chi connectivity index (χ1) is 73.4. The molecule has 0 saturated heterocycles. The van der Waals surface area contributed by atoms with Gasteiger partial charge >= 0.3 is 0 Å². The highest BCUT2D eigenvalue weighted by Gasteiger charge is 2.42. The fourth-order valence-corrected chi connectivity index (χ4v) is 23.8. The number of hydrogen-bond donors (Lipinski definition) is 0. The van der Waals surface area contributed by atoms with Gasteiger partial charge in [0.25, 0.3) is 0 Å². The molecule has 0 atom stereocenters. The van der Waals surface area contributed by atoms with Crippen LogP contribution in [0.15, 0.2) is 546 Å². The average molecular weight is 1930 g/mol. The molecule has 0 aromatic heterocycles. The van der Waals surface area contributed by atoms with Crippen LogP contribution in [-0.2, 0) is 21.7 Å². The molecule has 6 nitrogen and oxygen atoms in total. The Balaban J connectivity index is 0.000000155. The fourth-order valence-electron chi connectivity index (χ4n) is 23.8. The van der Waals surface area contributed by atoms with E-state index in [4.69, 9.17) is 0 Å². The Morgan fingerprint density at radius 2 is 0.207 bits per heavy atom. The van der Waals surface area contributed by atoms with Crippen LogP contribution in [0.4, 0.5) is 102 Å². The molecule has 0 N–H and O–H groups in total. The molecule has 0 unspecified atom stereocenters. The smallest absolute Gasteiger partial charge is 0.0465 e. The lowest BCUT2D eigenvalue weighted by Crippen LogP contribution is -2.18. The SMILES string of the molecule is CC1(C)c2cc(-c3ccc(N(c4ccccc4)c4ccc(-c5ccc6c(c5)C(C)(C)c5cc(N(c7ccccc7)c7ccccc7)ccc5-6)cc4)cc3)ccc2-c2ccc(N(c3ccccc3)c3ccccc3)cc21.CC1(C)c2cc(-c3ccc(N(c4ccccc4)c4ccccc4)cc3)ccc2-c2ccc(N(c3ccccc3)c3ccc4c(c3)C(C)(C)c3cc(-c5ccc(N(c6ccccc6)c6ccccc6)cc5)ccc3-4)cc21. The Kier molecular flexibility index (Phi) is 23.6. The van der Waals surface area contributed by atoms with Crippen molar-refractivity contribution in [1.29, 1.82) is 0 Å². The van der Waals surface area contributed by atoms with Crippen molar-refractivity contribution in [2.45, 2.75) is 77.0 Å². The number of anilines is 18. The van der Waals surface area contributed by atoms with Crippen LogP contribution in [0.1, 0.15) is 99.9 Å². The van der Waals surface area contributed by atoms with Gasteiger partial charge in [-0.3, -0.25) is 0 Å². The van der Waals surface area contributed by atoms with Crippen molar-refractivity contribution in [2.75, 3.05) is 29.4 Å². The fraction of sp³-hybridized carbons (Fsp3) is 0.0833. The molecule has 4 aliphatic rings. The first kappa shape index (κ1) is 92.7. The molecule has 0 radical (unpaired) electrons. The van der Waals surface area contributed by atoms with Crippen molar-refractivity contribution in [3.8, 4) is 89.0 Å². The van der Waals surface area contributed by atoms with E-state index in [1.165, 1.54) is 134 Å². The van der Waals surface area contributed by atoms with Gasteiger partial charge in [-0.2, -0.15) is 0 Å². The van der Waals surface area contributed by atoms with Crippen LogP contribution in [0.25, 0.3) is 89.0 Å². The Hall–Kier alpha value is -18.4. The maximum atomic E-state index is 2.45. The average Bonchev–Trinajstić information content (AvgIpc) is 1.57. The van der Waals surface area contributed by atoms with E-state index >= 15 is 0 Å². The zero-order valence-electron chi connectivity index (χ0n) is 85.6. The van der Waals surface area contributed by atoms with E-state index in [0.29, 0.717) is 0 Å². The van der Waals surface area contributed by atoms with Gasteiger partial charge in [0.1, 0.15) is 0 Å². The molecule has 26 rings (SSSR count). The quantitative estimate of drug-likeness (QED) is 0.0669. The van der Waals surface area contributed by atoms with Crippen LogP contribution in [0.3, 0.4) is 0 Å². The van der Waals surface area contributed by atoms with E-state index in [1.54, 1.807) is 0 Å². The Morgan fingerprint density at radius 1 is 0.100 bits per heavy atom. The monoisotopic (exact) mass is 1930 g/mol. The molecule has 4 aliphatic carbocycles. The van der Waals surface area contributed by atoms with Gasteiger partial charge < -0.3 is 29.4 Å². The Morgan fingerprint density at radius 3 is 0.360 bits per heavy atom. The van der Waals surface area contributed by atoms with Crippen LogP contribution in [0.2, 0.25) is 0 Å². The number of hydrogen-bond acceptors (Lipinski definition) is 6. The van der Waals surface area contributed by atoms with E-state index in [1.807, 2.05) is 0 Å². The van der Waals surface area contributed by atoms with Crippen molar-refractivity contribution in [3.05, 3.63) is 590 Å². The number of benzene rings is 22. The van der Waals surface area contributed by atoms with Crippen LogP contribution in [0, 0.1) is 0 Å². The third kappa shape index (κ3) is 16.8. The molecule has 0 saturated carbocycles. The lowest BCUT2D eigenvalue weighted by atomic mass is 9.81. The van der Waals surface area contributed by atoms with Gasteiger partial charge in [0, 0.05) is 124 Å². The van der Waals surface area contributed by atoms with Gasteiger partial charge in [-0.1, -0.05) is 359 Å². The lowest BCUT2D eigenvalue weighted by Gasteiger charge is -2.29. The minimum absolute atomic E-state index is 0.190. The summed E-state index contributed by atoms with van der Waals surface area (Å²) in [6.45, 7) is 19.1. The van der Waals surface area contributed by atoms with E-state index < -0.39 is 0 Å². The van der Waals surface area contributed by atoms with Gasteiger partial charge in [-0.25, -0.2) is 0 Å². The van der Waals surface area contributed by atoms with Crippen molar-refractivity contribution >= 4 is 102 Å². The minimum Gasteiger partial charge on any atom is -0.311 e. The second-order valence-corrected chi connectivity index (χ2v) is 42.0. The first-order valence-corrected chi connectivity index (χ1v) is 52.3. The van der Waals surface area contributed by atoms with E-state index in [0.717, 1.165) is 102 Å². The number of rotatable bonds is 22. The molecule has 0 spiro atoms. The van der Waals surface area contributed by atoms with Gasteiger partial charge in [-0.05, 0) is 376 Å². The lowest BCUT2D eigenvalue weighted by molar-refractivity contribution is 0.660. The van der Waals surface area contributed by atoms with Gasteiger partial charge in [0.05, 0.1) is 0 Å². The van der Waals surface area contributed by atoms with Crippen molar-refractivity contribution < 1.29 is 0 Å². The van der Waals surface area contributed by atoms with Crippen LogP contribution >= 0.6 is 0 Å². The maximum absolute atomic E-state index is 2.45. The standard InChI is InChI=1S/2C72H57N3/c1-71(2)67-46-52(34-42-63(67)65-44-40-61(48-69(65)71)74(55-22-12-6-13-23-55)56-24-14-7-15-25-56)50-30-36-59(37-31-50)73(54-20-10-5-11-21-54)60-38-32-51(33-39-60)53-35-43-64-66-45-41-62(49-70(66)72(3,4)68(64)47-53)75(57-26-16-8-17-27-57)58-28-18-9-19-29-58;1-71(2)67-46-52(50-30-36-59(37-31-50)73(54-20-10-5-11-21-54)55-22-12-6-13-23-55)34-42-63(67)65-44-40-61(48-69(65)71)75(58-28-18-9-19-29-58)62-41-45-66-64-43-35-53(47-68(64)72(3,4)70(66)49-62)51-32-38-60(39-33-51)74(56-24-14-7-15-25-56)57-26-16-8-17-27-57/h2*5-49H,1-4H3. The molecule has 150 heavy (non-hydrogen) atoms. The van der Waals surface area contributed by atoms with Gasteiger partial charge in [0.15, 0.2) is 0 Å². The van der Waals surface area contributed by atoms with E-state index in [2.05, 4.69) is 631 Å². The van der Waals surface area contributed by atoms with E-state index in [9.17, 15) is 0 Å². The zero-order valence-corrected chi connectivity index (χ0v) is 85.6. The van der Waals surface area contributed by atoms with Gasteiger partial charge in [-0.15, -0.1) is 0 Å². The predicted octanol–water partition coefficient (Wildman–Crippen LogP) is 40.1. The molecule has 0 amide bonds. The second-order valence-electron chi connectivity index (χ2n) is 42.0. The highest BCUT2D eigenvalue weighted by molar-refractivity contribution is 5.95. The number of para-hydroxylation sites is 10. The summed E-state index contributed by atoms with van der Waals surface area (Å²) >= 11 is 0. The highest BCUT2D eigenvalue weighted by atomic mass is 15.2. The van der Waals surface area contributed by atoms with Crippen molar-refractivity contribution in [2.24, 2.45) is 0 Å². The summed E-state index contributed by atoms with van der Waals surface area (Å²) in [7, 11) is 0. The van der Waals surface area contributed by atoms with Gasteiger partial charge in [0.2, 0.25) is 0 Å². The Bertz CT molecular complexity index is 8090. The zero-order chi connectivity index (χ0) is 101. The summed E-state index contributed by atoms with van der Waals surface area (Å²) in [6.07, 6.45) is 0. The van der Waals surface area contributed by atoms with Crippen LogP contribution < -0.4 is 29.4 Å². The summed E-state index contributed by atoms with van der Waals surface area (Å²) in [6, 6.07) is 199. The molecule has 0 bridgehead atoms. The molecule has 720 valence electrons. The van der Waals surface area contributed by atoms with E-state index in [-0.39, 0.29) is 21.7 Å². The molecule has 0 fully saturated rings. The normalized spacial score (nSPS) is 13.3. The highest BCUT2D eigenvalue weighted by Crippen LogP contribution is 2.59. The molecule has 0 aliphatic heterocycles. The molecular formula is C144H114N6. The third-order valence-electron chi connectivity index (χ3n) is 31.7. The predicted molar refractivity (Wildman–Crippen MR) is 633 cm³/mol. The summed E-state index contributed by atoms with van der Waals surface area (Å²) in [5.41, 5.74) is 50.5. The maximum Gasteiger partial charge on any atom is 0.0465 e. The topological polar surface area (TPSA) is 19.4 Å². The third-order valence-corrected chi connectivity index (χ3v) is 31.7. The first-order valence-electron chi connectivity index (χ1n) is 52.3. The number of fused-ring (bicyclic) bond motifs is 12. The molecule has 22 aromatic carbocycles. The molecular weight excluding hydrogens is 1810 g/mol. The summed E-state index contributed by atoms with van der Waals surface area (Å²) in [5.74, 6) is 0. The van der Waals surface area contributed by atoms with Crippen molar-refractivity contribution in [3.63, 3.8) is 0 Å². The largest absolute Gasteiger partial charge is 0.311 e. The molecule has 22 aromatic rings. The summed E-state index contributed by atoms with van der Waals surface area (Å²) in [5, 5.41) is 0. The molecule has 0 heterocycles. The summed E-state index contributed by atoms with van der Waals surface area (Å²) in [4.78, 5) is 14.1. The van der Waals surface area contributed by atoms with Crippen LogP contribution in [0.5, 0.6) is 0 Å². The number of nitrogens with zero attached hydrogens (tertiary/aromatic N) is 6. The summed E-state index contributed by atoms with van der Waals surface area (Å²) < 4.78 is 0. The van der Waals surface area contributed by atoms with Crippen LogP contribution in [-0.4, -0.2) is 0 Å². The Labute approximate surface area is 882 Å². The second kappa shape index (κ2) is 38.2. The minimum atomic E-state index is -0.223. The molecule has 6 heteroatoms.